The minimum atomic E-state index is -1.12. The van der Waals surface area contributed by atoms with Gasteiger partial charge in [-0.2, -0.15) is 0 Å². The molecule has 1 aliphatic carbocycles. The lowest BCUT2D eigenvalue weighted by Gasteiger charge is -2.16. The van der Waals surface area contributed by atoms with E-state index in [9.17, 15) is 14.7 Å². The summed E-state index contributed by atoms with van der Waals surface area (Å²) >= 11 is 0. The van der Waals surface area contributed by atoms with Crippen LogP contribution in [0.15, 0.2) is 67.3 Å². The monoisotopic (exact) mass is 355 g/mol. The van der Waals surface area contributed by atoms with E-state index in [0.717, 1.165) is 22.3 Å². The van der Waals surface area contributed by atoms with Crippen molar-refractivity contribution in [2.45, 2.75) is 6.42 Å². The van der Waals surface area contributed by atoms with E-state index in [1.54, 1.807) is 0 Å². The van der Waals surface area contributed by atoms with Crippen LogP contribution >= 0.6 is 0 Å². The van der Waals surface area contributed by atoms with Gasteiger partial charge >= 0.3 is 5.97 Å². The first-order valence-electron chi connectivity index (χ1n) is 8.56. The van der Waals surface area contributed by atoms with Gasteiger partial charge in [0.2, 0.25) is 0 Å². The molecule has 0 fully saturated rings. The molecular formula is C23H17NO3. The highest BCUT2D eigenvalue weighted by molar-refractivity contribution is 6.13. The Kier molecular flexibility index (Phi) is 3.89. The fourth-order valence-corrected chi connectivity index (χ4v) is 3.80. The van der Waals surface area contributed by atoms with Crippen molar-refractivity contribution in [3.63, 3.8) is 0 Å². The van der Waals surface area contributed by atoms with Crippen LogP contribution in [0.4, 0.5) is 5.69 Å². The number of hydrogen-bond donors (Lipinski definition) is 2. The number of nitrogens with two attached hydrogens (primary N) is 1. The van der Waals surface area contributed by atoms with E-state index in [1.165, 1.54) is 23.8 Å². The Morgan fingerprint density at radius 2 is 1.59 bits per heavy atom. The van der Waals surface area contributed by atoms with Gasteiger partial charge in [-0.1, -0.05) is 49.0 Å². The lowest BCUT2D eigenvalue weighted by Crippen LogP contribution is -2.09. The van der Waals surface area contributed by atoms with Gasteiger partial charge in [-0.05, 0) is 52.4 Å². The van der Waals surface area contributed by atoms with Gasteiger partial charge in [-0.3, -0.25) is 4.79 Å². The highest BCUT2D eigenvalue weighted by Gasteiger charge is 2.26. The second-order valence-electron chi connectivity index (χ2n) is 6.49. The zero-order chi connectivity index (χ0) is 19.1. The maximum Gasteiger partial charge on any atom is 0.337 e. The van der Waals surface area contributed by atoms with Gasteiger partial charge in [0.25, 0.3) is 0 Å². The maximum atomic E-state index is 12.4. The Hall–Kier alpha value is -3.66. The van der Waals surface area contributed by atoms with Crippen LogP contribution in [0.3, 0.4) is 0 Å². The zero-order valence-corrected chi connectivity index (χ0v) is 14.5. The normalized spacial score (nSPS) is 11.6. The SMILES string of the molecule is C=CC(=O)c1ccc(C(=O)O)c(N)c1-c1cccc2c1Cc1ccccc1-2. The molecule has 4 nitrogen and oxygen atoms in total. The first-order valence-corrected chi connectivity index (χ1v) is 8.56. The number of ketones is 1. The molecule has 0 radical (unpaired) electrons. The third kappa shape index (κ3) is 2.54. The number of carbonyl (C=O) groups is 2. The molecule has 0 heterocycles. The highest BCUT2D eigenvalue weighted by Crippen LogP contribution is 2.44. The lowest BCUT2D eigenvalue weighted by atomic mass is 9.88. The first kappa shape index (κ1) is 16.8. The molecule has 4 rings (SSSR count). The minimum Gasteiger partial charge on any atom is -0.478 e. The van der Waals surface area contributed by atoms with Crippen molar-refractivity contribution in [3.8, 4) is 22.3 Å². The Morgan fingerprint density at radius 3 is 2.33 bits per heavy atom. The summed E-state index contributed by atoms with van der Waals surface area (Å²) < 4.78 is 0. The number of carboxylic acids is 1. The van der Waals surface area contributed by atoms with E-state index in [4.69, 9.17) is 5.73 Å². The molecule has 0 unspecified atom stereocenters. The predicted molar refractivity (Wildman–Crippen MR) is 106 cm³/mol. The number of aromatic carboxylic acids is 1. The quantitative estimate of drug-likeness (QED) is 0.319. The third-order valence-electron chi connectivity index (χ3n) is 5.05. The van der Waals surface area contributed by atoms with Crippen LogP contribution in [0.2, 0.25) is 0 Å². The Labute approximate surface area is 156 Å². The van der Waals surface area contributed by atoms with E-state index < -0.39 is 5.97 Å². The summed E-state index contributed by atoms with van der Waals surface area (Å²) in [7, 11) is 0. The summed E-state index contributed by atoms with van der Waals surface area (Å²) in [5.74, 6) is -1.41. The largest absolute Gasteiger partial charge is 0.478 e. The molecule has 0 spiro atoms. The molecule has 0 atom stereocenters. The van der Waals surface area contributed by atoms with Crippen LogP contribution < -0.4 is 5.73 Å². The molecule has 0 aromatic heterocycles. The van der Waals surface area contributed by atoms with Crippen LogP contribution in [-0.4, -0.2) is 16.9 Å². The molecule has 132 valence electrons. The summed E-state index contributed by atoms with van der Waals surface area (Å²) in [5.41, 5.74) is 12.4. The van der Waals surface area contributed by atoms with Gasteiger partial charge in [0, 0.05) is 11.1 Å². The van der Waals surface area contributed by atoms with Gasteiger partial charge in [-0.25, -0.2) is 4.79 Å². The highest BCUT2D eigenvalue weighted by atomic mass is 16.4. The Morgan fingerprint density at radius 1 is 0.926 bits per heavy atom. The number of carboxylic acid groups (broad SMARTS) is 1. The topological polar surface area (TPSA) is 80.4 Å². The van der Waals surface area contributed by atoms with E-state index in [2.05, 4.69) is 18.7 Å². The predicted octanol–water partition coefficient (Wildman–Crippen LogP) is 4.57. The molecule has 1 aliphatic rings. The lowest BCUT2D eigenvalue weighted by molar-refractivity contribution is 0.0697. The molecule has 0 amide bonds. The van der Waals surface area contributed by atoms with Crippen LogP contribution in [0.25, 0.3) is 22.3 Å². The summed E-state index contributed by atoms with van der Waals surface area (Å²) in [5, 5.41) is 9.47. The molecular weight excluding hydrogens is 338 g/mol. The van der Waals surface area contributed by atoms with Crippen LogP contribution in [0, 0.1) is 0 Å². The average molecular weight is 355 g/mol. The van der Waals surface area contributed by atoms with Crippen molar-refractivity contribution >= 4 is 17.4 Å². The van der Waals surface area contributed by atoms with Crippen LogP contribution in [0.5, 0.6) is 0 Å². The fourth-order valence-electron chi connectivity index (χ4n) is 3.80. The second kappa shape index (κ2) is 6.25. The van der Waals surface area contributed by atoms with E-state index >= 15 is 0 Å². The Bertz CT molecular complexity index is 1130. The van der Waals surface area contributed by atoms with Crippen molar-refractivity contribution in [2.24, 2.45) is 0 Å². The summed E-state index contributed by atoms with van der Waals surface area (Å²) in [6.07, 6.45) is 1.93. The fraction of sp³-hybridized carbons (Fsp3) is 0.0435. The van der Waals surface area contributed by atoms with Gasteiger partial charge in [0.1, 0.15) is 0 Å². The average Bonchev–Trinajstić information content (AvgIpc) is 3.06. The Balaban J connectivity index is 2.03. The van der Waals surface area contributed by atoms with Gasteiger partial charge in [0.05, 0.1) is 11.3 Å². The third-order valence-corrected chi connectivity index (χ3v) is 5.05. The molecule has 0 saturated heterocycles. The molecule has 3 aromatic rings. The number of rotatable bonds is 4. The van der Waals surface area contributed by atoms with Gasteiger partial charge in [-0.15, -0.1) is 0 Å². The van der Waals surface area contributed by atoms with Crippen LogP contribution in [-0.2, 0) is 6.42 Å². The molecule has 0 aliphatic heterocycles. The number of hydrogen-bond acceptors (Lipinski definition) is 3. The van der Waals surface area contributed by atoms with E-state index in [1.807, 2.05) is 30.3 Å². The van der Waals surface area contributed by atoms with E-state index in [-0.39, 0.29) is 17.0 Å². The number of fused-ring (bicyclic) bond motifs is 3. The summed E-state index contributed by atoms with van der Waals surface area (Å²) in [6, 6.07) is 16.9. The van der Waals surface area contributed by atoms with Gasteiger partial charge in [0.15, 0.2) is 5.78 Å². The van der Waals surface area contributed by atoms with Crippen molar-refractivity contribution in [1.82, 2.24) is 0 Å². The molecule has 3 aromatic carbocycles. The minimum absolute atomic E-state index is 0.0151. The summed E-state index contributed by atoms with van der Waals surface area (Å²) in [6.45, 7) is 3.56. The maximum absolute atomic E-state index is 12.4. The molecule has 4 heteroatoms. The van der Waals surface area contributed by atoms with Crippen molar-refractivity contribution in [1.29, 1.82) is 0 Å². The number of anilines is 1. The first-order chi connectivity index (χ1) is 13.0. The van der Waals surface area contributed by atoms with Gasteiger partial charge < -0.3 is 10.8 Å². The number of benzene rings is 3. The number of carbonyl (C=O) groups excluding carboxylic acids is 1. The standard InChI is InChI=1S/C23H17NO3/c1-2-20(25)17-10-11-18(23(26)27)22(24)21(17)16-9-5-8-15-14-7-4-3-6-13(14)12-19(15)16/h2-11H,1,12,24H2,(H,26,27). The smallest absolute Gasteiger partial charge is 0.337 e. The summed E-state index contributed by atoms with van der Waals surface area (Å²) in [4.78, 5) is 24.0. The van der Waals surface area contributed by atoms with Crippen molar-refractivity contribution in [3.05, 3.63) is 89.5 Å². The molecule has 3 N–H and O–H groups in total. The van der Waals surface area contributed by atoms with E-state index in [0.29, 0.717) is 17.5 Å². The van der Waals surface area contributed by atoms with Crippen molar-refractivity contribution < 1.29 is 14.7 Å². The number of allylic oxidation sites excluding steroid dienone is 1. The zero-order valence-electron chi connectivity index (χ0n) is 14.5. The van der Waals surface area contributed by atoms with Crippen molar-refractivity contribution in [2.75, 3.05) is 5.73 Å². The second-order valence-corrected chi connectivity index (χ2v) is 6.49. The van der Waals surface area contributed by atoms with Crippen LogP contribution in [0.1, 0.15) is 31.8 Å². The molecule has 0 bridgehead atoms. The molecule has 0 saturated carbocycles. The number of nitrogen functional groups attached to an aromatic ring is 1. The molecule has 27 heavy (non-hydrogen) atoms.